The van der Waals surface area contributed by atoms with Crippen molar-refractivity contribution in [2.45, 2.75) is 45.6 Å². The number of ether oxygens (including phenoxy) is 1. The topological polar surface area (TPSA) is 26.3 Å². The largest absolute Gasteiger partial charge is 0.366 e. The maximum atomic E-state index is 12.1. The fraction of sp³-hybridized carbons (Fsp3) is 0.533. The van der Waals surface area contributed by atoms with E-state index < -0.39 is 0 Å². The molecule has 0 amide bonds. The summed E-state index contributed by atoms with van der Waals surface area (Å²) in [6, 6.07) is 9.76. The van der Waals surface area contributed by atoms with Crippen LogP contribution in [0.25, 0.3) is 0 Å². The highest BCUT2D eigenvalue weighted by Crippen LogP contribution is 2.20. The first kappa shape index (κ1) is 13.9. The lowest BCUT2D eigenvalue weighted by molar-refractivity contribution is -0.130. The number of carbonyl (C=O) groups is 1. The molecule has 17 heavy (non-hydrogen) atoms. The van der Waals surface area contributed by atoms with Crippen LogP contribution < -0.4 is 0 Å². The van der Waals surface area contributed by atoms with Crippen LogP contribution >= 0.6 is 0 Å². The molecule has 1 rings (SSSR count). The van der Waals surface area contributed by atoms with Crippen molar-refractivity contribution in [2.24, 2.45) is 0 Å². The molecule has 1 aromatic carbocycles. The maximum absolute atomic E-state index is 12.1. The Hall–Kier alpha value is -1.15. The van der Waals surface area contributed by atoms with Gasteiger partial charge in [0.15, 0.2) is 5.78 Å². The SMILES string of the molecule is CCCCCC(=O)C(OCC)c1ccccc1. The lowest BCUT2D eigenvalue weighted by Gasteiger charge is -2.16. The third-order valence-corrected chi connectivity index (χ3v) is 2.75. The van der Waals surface area contributed by atoms with Crippen LogP contribution in [0.5, 0.6) is 0 Å². The first-order chi connectivity index (χ1) is 8.29. The molecule has 0 heterocycles. The Balaban J connectivity index is 2.62. The molecule has 1 atom stereocenters. The molecule has 0 aliphatic heterocycles. The molecule has 0 saturated heterocycles. The molecular weight excluding hydrogens is 212 g/mol. The molecule has 0 N–H and O–H groups in total. The fourth-order valence-electron chi connectivity index (χ4n) is 1.85. The number of ketones is 1. The van der Waals surface area contributed by atoms with Gasteiger partial charge in [-0.25, -0.2) is 0 Å². The highest BCUT2D eigenvalue weighted by atomic mass is 16.5. The third-order valence-electron chi connectivity index (χ3n) is 2.75. The van der Waals surface area contributed by atoms with Gasteiger partial charge in [-0.3, -0.25) is 4.79 Å². The molecule has 2 heteroatoms. The van der Waals surface area contributed by atoms with Gasteiger partial charge in [-0.2, -0.15) is 0 Å². The Kier molecular flexibility index (Phi) is 6.56. The molecule has 0 fully saturated rings. The van der Waals surface area contributed by atoms with E-state index in [1.165, 1.54) is 0 Å². The van der Waals surface area contributed by atoms with Crippen LogP contribution in [0, 0.1) is 0 Å². The number of carbonyl (C=O) groups excluding carboxylic acids is 1. The zero-order chi connectivity index (χ0) is 12.5. The quantitative estimate of drug-likeness (QED) is 0.637. The number of Topliss-reactive ketones (excluding diaryl/α,β-unsaturated/α-hetero) is 1. The molecule has 0 bridgehead atoms. The summed E-state index contributed by atoms with van der Waals surface area (Å²) in [4.78, 5) is 12.1. The summed E-state index contributed by atoms with van der Waals surface area (Å²) in [5.41, 5.74) is 0.968. The number of rotatable bonds is 8. The van der Waals surface area contributed by atoms with E-state index in [1.807, 2.05) is 37.3 Å². The number of unbranched alkanes of at least 4 members (excludes halogenated alkanes) is 2. The average molecular weight is 234 g/mol. The predicted molar refractivity (Wildman–Crippen MR) is 70.0 cm³/mol. The monoisotopic (exact) mass is 234 g/mol. The zero-order valence-electron chi connectivity index (χ0n) is 10.8. The molecule has 1 aromatic rings. The first-order valence-electron chi connectivity index (χ1n) is 6.48. The molecule has 1 unspecified atom stereocenters. The van der Waals surface area contributed by atoms with Crippen molar-refractivity contribution in [2.75, 3.05) is 6.61 Å². The zero-order valence-corrected chi connectivity index (χ0v) is 10.8. The highest BCUT2D eigenvalue weighted by Gasteiger charge is 2.19. The van der Waals surface area contributed by atoms with Crippen molar-refractivity contribution >= 4 is 5.78 Å². The van der Waals surface area contributed by atoms with Crippen molar-refractivity contribution in [1.29, 1.82) is 0 Å². The molecule has 94 valence electrons. The second-order valence-corrected chi connectivity index (χ2v) is 4.17. The minimum absolute atomic E-state index is 0.200. The first-order valence-corrected chi connectivity index (χ1v) is 6.48. The van der Waals surface area contributed by atoms with E-state index in [0.717, 1.165) is 24.8 Å². The van der Waals surface area contributed by atoms with E-state index in [4.69, 9.17) is 4.74 Å². The van der Waals surface area contributed by atoms with Gasteiger partial charge < -0.3 is 4.74 Å². The minimum Gasteiger partial charge on any atom is -0.366 e. The van der Waals surface area contributed by atoms with E-state index in [0.29, 0.717) is 13.0 Å². The maximum Gasteiger partial charge on any atom is 0.166 e. The van der Waals surface area contributed by atoms with Gasteiger partial charge >= 0.3 is 0 Å². The predicted octanol–water partition coefficient (Wildman–Crippen LogP) is 3.91. The Labute approximate surface area is 104 Å². The third kappa shape index (κ3) is 4.70. The number of benzene rings is 1. The summed E-state index contributed by atoms with van der Waals surface area (Å²) in [5.74, 6) is 0.200. The summed E-state index contributed by atoms with van der Waals surface area (Å²) in [6.45, 7) is 4.63. The van der Waals surface area contributed by atoms with E-state index >= 15 is 0 Å². The normalized spacial score (nSPS) is 12.4. The second kappa shape index (κ2) is 8.02. The smallest absolute Gasteiger partial charge is 0.166 e. The Morgan fingerprint density at radius 2 is 1.88 bits per heavy atom. The summed E-state index contributed by atoms with van der Waals surface area (Å²) in [7, 11) is 0. The van der Waals surface area contributed by atoms with Crippen molar-refractivity contribution in [1.82, 2.24) is 0 Å². The standard InChI is InChI=1S/C15H22O2/c1-3-5-7-12-14(16)15(17-4-2)13-10-8-6-9-11-13/h6,8-11,15H,3-5,7,12H2,1-2H3. The molecule has 0 radical (unpaired) electrons. The van der Waals surface area contributed by atoms with Gasteiger partial charge in [-0.15, -0.1) is 0 Å². The van der Waals surface area contributed by atoms with Crippen LogP contribution in [0.2, 0.25) is 0 Å². The molecule has 0 aliphatic rings. The lowest BCUT2D eigenvalue weighted by atomic mass is 10.0. The van der Waals surface area contributed by atoms with Gasteiger partial charge in [0.2, 0.25) is 0 Å². The summed E-state index contributed by atoms with van der Waals surface area (Å²) >= 11 is 0. The van der Waals surface area contributed by atoms with Crippen molar-refractivity contribution < 1.29 is 9.53 Å². The molecule has 2 nitrogen and oxygen atoms in total. The van der Waals surface area contributed by atoms with E-state index in [1.54, 1.807) is 0 Å². The summed E-state index contributed by atoms with van der Waals surface area (Å²) in [6.07, 6.45) is 3.45. The van der Waals surface area contributed by atoms with Crippen molar-refractivity contribution in [3.63, 3.8) is 0 Å². The Morgan fingerprint density at radius 1 is 1.18 bits per heavy atom. The van der Waals surface area contributed by atoms with Gasteiger partial charge in [-0.1, -0.05) is 50.1 Å². The van der Waals surface area contributed by atoms with E-state index in [-0.39, 0.29) is 11.9 Å². The minimum atomic E-state index is -0.377. The summed E-state index contributed by atoms with van der Waals surface area (Å²) in [5, 5.41) is 0. The molecule has 0 aromatic heterocycles. The van der Waals surface area contributed by atoms with Gasteiger partial charge in [0.25, 0.3) is 0 Å². The van der Waals surface area contributed by atoms with Crippen molar-refractivity contribution in [3.05, 3.63) is 35.9 Å². The van der Waals surface area contributed by atoms with Crippen LogP contribution in [0.15, 0.2) is 30.3 Å². The van der Waals surface area contributed by atoms with Gasteiger partial charge in [0.05, 0.1) is 0 Å². The molecule has 0 aliphatic carbocycles. The van der Waals surface area contributed by atoms with Crippen LogP contribution in [0.1, 0.15) is 51.2 Å². The number of hydrogen-bond donors (Lipinski definition) is 0. The molecule has 0 spiro atoms. The van der Waals surface area contributed by atoms with Crippen LogP contribution in [-0.4, -0.2) is 12.4 Å². The highest BCUT2D eigenvalue weighted by molar-refractivity contribution is 5.84. The van der Waals surface area contributed by atoms with E-state index in [9.17, 15) is 4.79 Å². The van der Waals surface area contributed by atoms with Gasteiger partial charge in [0, 0.05) is 13.0 Å². The van der Waals surface area contributed by atoms with E-state index in [2.05, 4.69) is 6.92 Å². The van der Waals surface area contributed by atoms with Crippen LogP contribution in [0.4, 0.5) is 0 Å². The van der Waals surface area contributed by atoms with Crippen LogP contribution in [-0.2, 0) is 9.53 Å². The lowest BCUT2D eigenvalue weighted by Crippen LogP contribution is -2.16. The van der Waals surface area contributed by atoms with Gasteiger partial charge in [0.1, 0.15) is 6.10 Å². The Morgan fingerprint density at radius 3 is 2.47 bits per heavy atom. The number of hydrogen-bond acceptors (Lipinski definition) is 2. The molecule has 0 saturated carbocycles. The summed E-state index contributed by atoms with van der Waals surface area (Å²) < 4.78 is 5.57. The van der Waals surface area contributed by atoms with Gasteiger partial charge in [-0.05, 0) is 18.9 Å². The average Bonchev–Trinajstić information content (AvgIpc) is 2.37. The van der Waals surface area contributed by atoms with Crippen molar-refractivity contribution in [3.8, 4) is 0 Å². The van der Waals surface area contributed by atoms with Crippen LogP contribution in [0.3, 0.4) is 0 Å². The fourth-order valence-corrected chi connectivity index (χ4v) is 1.85. The Bertz CT molecular complexity index is 319. The molecular formula is C15H22O2. The second-order valence-electron chi connectivity index (χ2n) is 4.17.